The Bertz CT molecular complexity index is 469. The minimum atomic E-state index is 1.08. The van der Waals surface area contributed by atoms with Crippen LogP contribution in [0.3, 0.4) is 0 Å². The lowest BCUT2D eigenvalue weighted by Gasteiger charge is -2.26. The highest BCUT2D eigenvalue weighted by atomic mass is 15.1. The lowest BCUT2D eigenvalue weighted by molar-refractivity contribution is 0.221. The molecule has 2 heterocycles. The number of benzene rings is 1. The minimum absolute atomic E-state index is 1.08. The summed E-state index contributed by atoms with van der Waals surface area (Å²) in [6.07, 6.45) is 6.01. The highest BCUT2D eigenvalue weighted by molar-refractivity contribution is 5.78. The Morgan fingerprint density at radius 3 is 2.94 bits per heavy atom. The van der Waals surface area contributed by atoms with Gasteiger partial charge in [-0.1, -0.05) is 12.5 Å². The summed E-state index contributed by atoms with van der Waals surface area (Å²) in [6, 6.07) is 6.57. The van der Waals surface area contributed by atoms with Gasteiger partial charge < -0.3 is 0 Å². The van der Waals surface area contributed by atoms with Crippen molar-refractivity contribution in [3.63, 3.8) is 0 Å². The summed E-state index contributed by atoms with van der Waals surface area (Å²) < 4.78 is 0. The van der Waals surface area contributed by atoms with E-state index in [1.807, 2.05) is 6.20 Å². The fraction of sp³-hybridized carbons (Fsp3) is 0.462. The molecule has 84 valence electrons. The van der Waals surface area contributed by atoms with Crippen molar-refractivity contribution in [1.82, 2.24) is 15.1 Å². The standard InChI is InChI=1S/C13H17N3/c1-2-6-16(7-3-1)10-11-4-5-13-12(8-11)9-14-15-13/h4-5,8-9H,1-3,6-7,10H2,(H,14,15). The predicted octanol–water partition coefficient (Wildman–Crippen LogP) is 2.55. The van der Waals surface area contributed by atoms with Gasteiger partial charge >= 0.3 is 0 Å². The topological polar surface area (TPSA) is 31.9 Å². The molecule has 0 radical (unpaired) electrons. The zero-order chi connectivity index (χ0) is 10.8. The summed E-state index contributed by atoms with van der Waals surface area (Å²) in [6.45, 7) is 3.59. The van der Waals surface area contributed by atoms with Gasteiger partial charge in [0.15, 0.2) is 0 Å². The van der Waals surface area contributed by atoms with Gasteiger partial charge in [0.25, 0.3) is 0 Å². The van der Waals surface area contributed by atoms with Gasteiger partial charge in [0.2, 0.25) is 0 Å². The first-order chi connectivity index (χ1) is 7.92. The zero-order valence-corrected chi connectivity index (χ0v) is 9.45. The number of hydrogen-bond donors (Lipinski definition) is 1. The molecule has 0 bridgehead atoms. The van der Waals surface area contributed by atoms with Gasteiger partial charge in [0.05, 0.1) is 11.7 Å². The van der Waals surface area contributed by atoms with Crippen molar-refractivity contribution >= 4 is 10.9 Å². The van der Waals surface area contributed by atoms with E-state index in [1.54, 1.807) is 0 Å². The molecule has 16 heavy (non-hydrogen) atoms. The van der Waals surface area contributed by atoms with Crippen molar-refractivity contribution in [2.75, 3.05) is 13.1 Å². The normalized spacial score (nSPS) is 18.0. The number of aromatic amines is 1. The SMILES string of the molecule is c1cc2[nH]ncc2cc1CN1CCCCC1. The van der Waals surface area contributed by atoms with E-state index in [2.05, 4.69) is 33.3 Å². The summed E-state index contributed by atoms with van der Waals surface area (Å²) in [5, 5.41) is 8.25. The number of hydrogen-bond acceptors (Lipinski definition) is 2. The summed E-state index contributed by atoms with van der Waals surface area (Å²) in [4.78, 5) is 2.55. The Balaban J connectivity index is 1.77. The maximum atomic E-state index is 4.05. The van der Waals surface area contributed by atoms with E-state index in [0.29, 0.717) is 0 Å². The third-order valence-electron chi connectivity index (χ3n) is 3.36. The predicted molar refractivity (Wildman–Crippen MR) is 65.2 cm³/mol. The van der Waals surface area contributed by atoms with Crippen LogP contribution in [0.25, 0.3) is 10.9 Å². The van der Waals surface area contributed by atoms with Crippen molar-refractivity contribution in [3.05, 3.63) is 30.0 Å². The Hall–Kier alpha value is -1.35. The molecule has 1 aromatic heterocycles. The highest BCUT2D eigenvalue weighted by Gasteiger charge is 2.10. The van der Waals surface area contributed by atoms with E-state index >= 15 is 0 Å². The number of nitrogens with zero attached hydrogens (tertiary/aromatic N) is 2. The third kappa shape index (κ3) is 1.95. The molecule has 0 atom stereocenters. The van der Waals surface area contributed by atoms with Crippen molar-refractivity contribution in [1.29, 1.82) is 0 Å². The zero-order valence-electron chi connectivity index (χ0n) is 9.45. The van der Waals surface area contributed by atoms with Crippen LogP contribution in [0.2, 0.25) is 0 Å². The first-order valence-electron chi connectivity index (χ1n) is 6.06. The van der Waals surface area contributed by atoms with Gasteiger partial charge in [-0.2, -0.15) is 5.10 Å². The van der Waals surface area contributed by atoms with E-state index in [1.165, 1.54) is 43.3 Å². The Labute approximate surface area is 95.5 Å². The van der Waals surface area contributed by atoms with Crippen LogP contribution in [-0.4, -0.2) is 28.2 Å². The molecule has 0 amide bonds. The van der Waals surface area contributed by atoms with Gasteiger partial charge in [-0.05, 0) is 43.6 Å². The van der Waals surface area contributed by atoms with Gasteiger partial charge in [0, 0.05) is 11.9 Å². The number of aromatic nitrogens is 2. The number of H-pyrrole nitrogens is 1. The molecule has 2 aromatic rings. The van der Waals surface area contributed by atoms with Crippen LogP contribution in [0.5, 0.6) is 0 Å². The smallest absolute Gasteiger partial charge is 0.0650 e. The van der Waals surface area contributed by atoms with E-state index in [9.17, 15) is 0 Å². The molecular formula is C13H17N3. The van der Waals surface area contributed by atoms with Gasteiger partial charge in [0.1, 0.15) is 0 Å². The van der Waals surface area contributed by atoms with Crippen LogP contribution >= 0.6 is 0 Å². The van der Waals surface area contributed by atoms with Gasteiger partial charge in [-0.25, -0.2) is 0 Å². The summed E-state index contributed by atoms with van der Waals surface area (Å²) in [5.41, 5.74) is 2.53. The second-order valence-electron chi connectivity index (χ2n) is 4.63. The Morgan fingerprint density at radius 2 is 2.06 bits per heavy atom. The Kier molecular flexibility index (Phi) is 2.62. The molecule has 1 fully saturated rings. The van der Waals surface area contributed by atoms with Gasteiger partial charge in [-0.15, -0.1) is 0 Å². The molecule has 3 heteroatoms. The molecule has 1 saturated heterocycles. The fourth-order valence-corrected chi connectivity index (χ4v) is 2.47. The summed E-state index contributed by atoms with van der Waals surface area (Å²) in [7, 11) is 0. The van der Waals surface area contributed by atoms with Crippen molar-refractivity contribution in [2.45, 2.75) is 25.8 Å². The molecule has 1 aliphatic rings. The number of fused-ring (bicyclic) bond motifs is 1. The van der Waals surface area contributed by atoms with Crippen LogP contribution in [0.15, 0.2) is 24.4 Å². The first-order valence-corrected chi connectivity index (χ1v) is 6.06. The number of piperidine rings is 1. The summed E-state index contributed by atoms with van der Waals surface area (Å²) in [5.74, 6) is 0. The van der Waals surface area contributed by atoms with Gasteiger partial charge in [-0.3, -0.25) is 10.00 Å². The molecule has 0 saturated carbocycles. The van der Waals surface area contributed by atoms with Crippen LogP contribution in [0, 0.1) is 0 Å². The lowest BCUT2D eigenvalue weighted by Crippen LogP contribution is -2.28. The number of rotatable bonds is 2. The monoisotopic (exact) mass is 215 g/mol. The average molecular weight is 215 g/mol. The highest BCUT2D eigenvalue weighted by Crippen LogP contribution is 2.16. The third-order valence-corrected chi connectivity index (χ3v) is 3.36. The maximum absolute atomic E-state index is 4.05. The molecule has 1 aliphatic heterocycles. The van der Waals surface area contributed by atoms with Crippen LogP contribution < -0.4 is 0 Å². The molecule has 3 rings (SSSR count). The van der Waals surface area contributed by atoms with Crippen LogP contribution in [-0.2, 0) is 6.54 Å². The largest absolute Gasteiger partial charge is 0.299 e. The van der Waals surface area contributed by atoms with E-state index in [0.717, 1.165) is 12.1 Å². The number of likely N-dealkylation sites (tertiary alicyclic amines) is 1. The van der Waals surface area contributed by atoms with Crippen molar-refractivity contribution in [2.24, 2.45) is 0 Å². The first kappa shape index (κ1) is 9.85. The maximum Gasteiger partial charge on any atom is 0.0650 e. The van der Waals surface area contributed by atoms with Crippen molar-refractivity contribution in [3.8, 4) is 0 Å². The molecular weight excluding hydrogens is 198 g/mol. The molecule has 0 aliphatic carbocycles. The summed E-state index contributed by atoms with van der Waals surface area (Å²) >= 11 is 0. The van der Waals surface area contributed by atoms with Crippen molar-refractivity contribution < 1.29 is 0 Å². The van der Waals surface area contributed by atoms with E-state index < -0.39 is 0 Å². The fourth-order valence-electron chi connectivity index (χ4n) is 2.47. The lowest BCUT2D eigenvalue weighted by atomic mass is 10.1. The molecule has 1 aromatic carbocycles. The second-order valence-corrected chi connectivity index (χ2v) is 4.63. The minimum Gasteiger partial charge on any atom is -0.299 e. The quantitative estimate of drug-likeness (QED) is 0.835. The van der Waals surface area contributed by atoms with E-state index in [-0.39, 0.29) is 0 Å². The average Bonchev–Trinajstić information content (AvgIpc) is 2.77. The Morgan fingerprint density at radius 1 is 1.19 bits per heavy atom. The number of nitrogens with one attached hydrogen (secondary N) is 1. The molecule has 3 nitrogen and oxygen atoms in total. The van der Waals surface area contributed by atoms with Crippen LogP contribution in [0.4, 0.5) is 0 Å². The molecule has 1 N–H and O–H groups in total. The van der Waals surface area contributed by atoms with E-state index in [4.69, 9.17) is 0 Å². The molecule has 0 spiro atoms. The molecule has 0 unspecified atom stereocenters. The second kappa shape index (κ2) is 4.26. The van der Waals surface area contributed by atoms with Crippen LogP contribution in [0.1, 0.15) is 24.8 Å².